The maximum absolute atomic E-state index is 12.9. The molecule has 2 fully saturated rings. The van der Waals surface area contributed by atoms with Crippen LogP contribution < -0.4 is 5.32 Å². The Morgan fingerprint density at radius 3 is 2.36 bits per heavy atom. The van der Waals surface area contributed by atoms with Gasteiger partial charge in [-0.1, -0.05) is 6.92 Å². The van der Waals surface area contributed by atoms with Gasteiger partial charge in [-0.05, 0) is 56.9 Å². The van der Waals surface area contributed by atoms with Crippen LogP contribution in [0.5, 0.6) is 0 Å². The summed E-state index contributed by atoms with van der Waals surface area (Å²) < 4.78 is 32.9. The number of nitrogens with one attached hydrogen (secondary N) is 1. The summed E-state index contributed by atoms with van der Waals surface area (Å²) in [4.78, 5) is 14.5. The van der Waals surface area contributed by atoms with Crippen LogP contribution in [0.3, 0.4) is 0 Å². The van der Waals surface area contributed by atoms with Crippen LogP contribution in [0, 0.1) is 5.92 Å². The predicted molar refractivity (Wildman–Crippen MR) is 109 cm³/mol. The molecule has 2 aliphatic rings. The highest BCUT2D eigenvalue weighted by molar-refractivity contribution is 7.89. The molecule has 28 heavy (non-hydrogen) atoms. The van der Waals surface area contributed by atoms with Gasteiger partial charge in [-0.15, -0.1) is 0 Å². The van der Waals surface area contributed by atoms with E-state index < -0.39 is 10.0 Å². The summed E-state index contributed by atoms with van der Waals surface area (Å²) in [5.74, 6) is 0.632. The maximum Gasteiger partial charge on any atom is 0.243 e. The van der Waals surface area contributed by atoms with Crippen molar-refractivity contribution in [2.75, 3.05) is 38.0 Å². The van der Waals surface area contributed by atoms with Crippen molar-refractivity contribution in [3.05, 3.63) is 24.3 Å². The molecular weight excluding hydrogens is 378 g/mol. The molecule has 3 rings (SSSR count). The molecule has 0 aromatic heterocycles. The third-order valence-electron chi connectivity index (χ3n) is 5.33. The number of hydrogen-bond acceptors (Lipinski definition) is 5. The smallest absolute Gasteiger partial charge is 0.243 e. The zero-order valence-corrected chi connectivity index (χ0v) is 17.7. The van der Waals surface area contributed by atoms with Crippen molar-refractivity contribution in [3.63, 3.8) is 0 Å². The summed E-state index contributed by atoms with van der Waals surface area (Å²) >= 11 is 0. The molecule has 3 atom stereocenters. The molecule has 1 aromatic rings. The van der Waals surface area contributed by atoms with E-state index in [1.165, 1.54) is 10.7 Å². The van der Waals surface area contributed by atoms with Gasteiger partial charge < -0.3 is 15.0 Å². The van der Waals surface area contributed by atoms with E-state index in [0.29, 0.717) is 19.0 Å². The van der Waals surface area contributed by atoms with Crippen LogP contribution in [0.2, 0.25) is 0 Å². The van der Waals surface area contributed by atoms with Crippen molar-refractivity contribution in [1.82, 2.24) is 9.21 Å². The summed E-state index contributed by atoms with van der Waals surface area (Å²) in [5.41, 5.74) is 0.737. The van der Waals surface area contributed by atoms with Crippen LogP contribution in [0.1, 0.15) is 33.6 Å². The number of carbonyl (C=O) groups excluding carboxylic acids is 1. The molecule has 8 heteroatoms. The fourth-order valence-electron chi connectivity index (χ4n) is 3.93. The Morgan fingerprint density at radius 1 is 1.11 bits per heavy atom. The molecule has 1 N–H and O–H groups in total. The fourth-order valence-corrected chi connectivity index (χ4v) is 5.52. The van der Waals surface area contributed by atoms with Gasteiger partial charge in [0.15, 0.2) is 0 Å². The molecule has 1 amide bonds. The van der Waals surface area contributed by atoms with E-state index in [9.17, 15) is 13.2 Å². The summed E-state index contributed by atoms with van der Waals surface area (Å²) in [6.45, 7) is 8.49. The van der Waals surface area contributed by atoms with Crippen molar-refractivity contribution in [3.8, 4) is 0 Å². The van der Waals surface area contributed by atoms with E-state index in [1.807, 2.05) is 18.7 Å². The van der Waals surface area contributed by atoms with Crippen molar-refractivity contribution < 1.29 is 17.9 Å². The molecule has 156 valence electrons. The lowest BCUT2D eigenvalue weighted by atomic mass is 10.0. The number of likely N-dealkylation sites (tertiary alicyclic amines) is 1. The highest BCUT2D eigenvalue weighted by Crippen LogP contribution is 2.22. The second-order valence-electron chi connectivity index (χ2n) is 8.04. The van der Waals surface area contributed by atoms with E-state index in [-0.39, 0.29) is 29.6 Å². The van der Waals surface area contributed by atoms with Crippen LogP contribution in [-0.4, -0.2) is 68.5 Å². The number of nitrogens with zero attached hydrogens (tertiary/aromatic N) is 2. The zero-order valence-electron chi connectivity index (χ0n) is 16.9. The molecule has 3 unspecified atom stereocenters. The van der Waals surface area contributed by atoms with Crippen molar-refractivity contribution in [1.29, 1.82) is 0 Å². The average Bonchev–Trinajstić information content (AvgIpc) is 2.65. The number of rotatable bonds is 5. The van der Waals surface area contributed by atoms with Gasteiger partial charge in [-0.25, -0.2) is 8.42 Å². The molecule has 0 radical (unpaired) electrons. The predicted octanol–water partition coefficient (Wildman–Crippen LogP) is 2.15. The Bertz CT molecular complexity index is 771. The minimum atomic E-state index is -3.55. The molecular formula is C20H31N3O4S. The quantitative estimate of drug-likeness (QED) is 0.806. The van der Waals surface area contributed by atoms with Crippen LogP contribution in [-0.2, 0) is 19.6 Å². The molecule has 0 spiro atoms. The first-order valence-corrected chi connectivity index (χ1v) is 11.5. The van der Waals surface area contributed by atoms with Gasteiger partial charge in [-0.3, -0.25) is 4.79 Å². The second-order valence-corrected chi connectivity index (χ2v) is 9.98. The van der Waals surface area contributed by atoms with Crippen molar-refractivity contribution in [2.24, 2.45) is 5.92 Å². The van der Waals surface area contributed by atoms with Crippen LogP contribution in [0.4, 0.5) is 5.69 Å². The Labute approximate surface area is 168 Å². The molecule has 2 saturated heterocycles. The molecule has 0 bridgehead atoms. The number of sulfonamides is 1. The van der Waals surface area contributed by atoms with E-state index in [1.54, 1.807) is 24.3 Å². The standard InChI is InChI=1S/C20H31N3O4S/c1-15-5-4-10-22(12-15)20(24)11-21-18-6-8-19(9-7-18)28(25,26)23-13-16(2)27-17(3)14-23/h6-9,15-17,21H,4-5,10-14H2,1-3H3. The monoisotopic (exact) mass is 409 g/mol. The number of amides is 1. The highest BCUT2D eigenvalue weighted by Gasteiger charge is 2.32. The molecule has 1 aromatic carbocycles. The number of piperidine rings is 1. The zero-order chi connectivity index (χ0) is 20.3. The summed E-state index contributed by atoms with van der Waals surface area (Å²) in [6, 6.07) is 6.62. The largest absolute Gasteiger partial charge is 0.376 e. The SMILES string of the molecule is CC1CCCN(C(=O)CNc2ccc(S(=O)(=O)N3CC(C)OC(C)C3)cc2)C1. The number of ether oxygens (including phenoxy) is 1. The first-order valence-electron chi connectivity index (χ1n) is 10.0. The van der Waals surface area contributed by atoms with Crippen molar-refractivity contribution >= 4 is 21.6 Å². The lowest BCUT2D eigenvalue weighted by Crippen LogP contribution is -2.48. The van der Waals surface area contributed by atoms with Gasteiger partial charge in [0.1, 0.15) is 0 Å². The minimum absolute atomic E-state index is 0.0829. The van der Waals surface area contributed by atoms with Crippen LogP contribution in [0.25, 0.3) is 0 Å². The lowest BCUT2D eigenvalue weighted by molar-refractivity contribution is -0.130. The normalized spacial score (nSPS) is 26.8. The van der Waals surface area contributed by atoms with E-state index in [2.05, 4.69) is 12.2 Å². The van der Waals surface area contributed by atoms with Crippen LogP contribution >= 0.6 is 0 Å². The Kier molecular flexibility index (Phi) is 6.62. The third-order valence-corrected chi connectivity index (χ3v) is 7.18. The number of benzene rings is 1. The summed E-state index contributed by atoms with van der Waals surface area (Å²) in [5, 5.41) is 3.11. The van der Waals surface area contributed by atoms with Gasteiger partial charge in [0.2, 0.25) is 15.9 Å². The number of hydrogen-bond donors (Lipinski definition) is 1. The Balaban J connectivity index is 1.59. The van der Waals surface area contributed by atoms with Crippen molar-refractivity contribution in [2.45, 2.75) is 50.7 Å². The van der Waals surface area contributed by atoms with Gasteiger partial charge in [0.05, 0.1) is 23.6 Å². The van der Waals surface area contributed by atoms with Gasteiger partial charge >= 0.3 is 0 Å². The number of anilines is 1. The molecule has 2 heterocycles. The number of carbonyl (C=O) groups is 1. The Hall–Kier alpha value is -1.64. The van der Waals surface area contributed by atoms with E-state index in [0.717, 1.165) is 25.2 Å². The topological polar surface area (TPSA) is 79.0 Å². The van der Waals surface area contributed by atoms with E-state index in [4.69, 9.17) is 4.74 Å². The maximum atomic E-state index is 12.9. The summed E-state index contributed by atoms with van der Waals surface area (Å²) in [6.07, 6.45) is 1.98. The average molecular weight is 410 g/mol. The Morgan fingerprint density at radius 2 is 1.75 bits per heavy atom. The first kappa shape index (κ1) is 21.1. The highest BCUT2D eigenvalue weighted by atomic mass is 32.2. The van der Waals surface area contributed by atoms with Gasteiger partial charge in [0.25, 0.3) is 0 Å². The summed E-state index contributed by atoms with van der Waals surface area (Å²) in [7, 11) is -3.55. The van der Waals surface area contributed by atoms with E-state index >= 15 is 0 Å². The fraction of sp³-hybridized carbons (Fsp3) is 0.650. The second kappa shape index (κ2) is 8.80. The van der Waals surface area contributed by atoms with Gasteiger partial charge in [-0.2, -0.15) is 4.31 Å². The van der Waals surface area contributed by atoms with Gasteiger partial charge in [0, 0.05) is 31.9 Å². The lowest BCUT2D eigenvalue weighted by Gasteiger charge is -2.34. The molecule has 0 saturated carbocycles. The number of morpholine rings is 1. The third kappa shape index (κ3) is 5.04. The molecule has 0 aliphatic carbocycles. The molecule has 2 aliphatic heterocycles. The molecule has 7 nitrogen and oxygen atoms in total. The minimum Gasteiger partial charge on any atom is -0.376 e. The first-order chi connectivity index (χ1) is 13.3. The van der Waals surface area contributed by atoms with Crippen LogP contribution in [0.15, 0.2) is 29.2 Å².